The molecule has 1 saturated heterocycles. The Kier molecular flexibility index (Phi) is 4.13. The number of hydrogen-bond donors (Lipinski definition) is 0. The maximum absolute atomic E-state index is 11.5. The van der Waals surface area contributed by atoms with E-state index in [0.29, 0.717) is 13.2 Å². The van der Waals surface area contributed by atoms with Crippen LogP contribution in [0.15, 0.2) is 6.20 Å². The number of ether oxygens (including phenoxy) is 1. The van der Waals surface area contributed by atoms with Crippen LogP contribution in [0, 0.1) is 0 Å². The number of aromatic nitrogens is 3. The average molecular weight is 266 g/mol. The van der Waals surface area contributed by atoms with Crippen LogP contribution in [0.4, 0.5) is 0 Å². The van der Waals surface area contributed by atoms with Gasteiger partial charge < -0.3 is 9.64 Å². The third-order valence-electron chi connectivity index (χ3n) is 3.20. The van der Waals surface area contributed by atoms with Crippen LogP contribution < -0.4 is 0 Å². The maximum Gasteiger partial charge on any atom is 0.360 e. The first-order valence-electron chi connectivity index (χ1n) is 6.46. The fourth-order valence-corrected chi connectivity index (χ4v) is 2.34. The van der Waals surface area contributed by atoms with Crippen molar-refractivity contribution < 1.29 is 14.3 Å². The average Bonchev–Trinajstić information content (AvgIpc) is 2.99. The van der Waals surface area contributed by atoms with E-state index in [2.05, 4.69) is 10.3 Å². The van der Waals surface area contributed by atoms with Crippen molar-refractivity contribution in [2.75, 3.05) is 13.2 Å². The second-order valence-electron chi connectivity index (χ2n) is 4.55. The summed E-state index contributed by atoms with van der Waals surface area (Å²) in [6.45, 7) is 4.98. The molecule has 2 rings (SSSR count). The zero-order chi connectivity index (χ0) is 13.8. The van der Waals surface area contributed by atoms with Gasteiger partial charge in [-0.1, -0.05) is 5.21 Å². The van der Waals surface area contributed by atoms with Crippen LogP contribution in [0.3, 0.4) is 0 Å². The largest absolute Gasteiger partial charge is 0.461 e. The molecular formula is C12H18N4O3. The molecule has 1 aromatic rings. The van der Waals surface area contributed by atoms with Crippen LogP contribution in [-0.4, -0.2) is 51.0 Å². The van der Waals surface area contributed by atoms with Crippen LogP contribution in [0.5, 0.6) is 0 Å². The first kappa shape index (κ1) is 13.5. The molecule has 0 unspecified atom stereocenters. The highest BCUT2D eigenvalue weighted by Gasteiger charge is 2.27. The molecule has 1 fully saturated rings. The molecule has 2 heterocycles. The summed E-state index contributed by atoms with van der Waals surface area (Å²) in [5.74, 6) is -0.392. The van der Waals surface area contributed by atoms with E-state index in [9.17, 15) is 9.59 Å². The summed E-state index contributed by atoms with van der Waals surface area (Å²) in [7, 11) is 0. The first-order valence-corrected chi connectivity index (χ1v) is 6.46. The highest BCUT2D eigenvalue weighted by atomic mass is 16.5. The summed E-state index contributed by atoms with van der Waals surface area (Å²) in [5, 5.41) is 7.69. The van der Waals surface area contributed by atoms with Crippen LogP contribution in [0.25, 0.3) is 0 Å². The smallest absolute Gasteiger partial charge is 0.360 e. The summed E-state index contributed by atoms with van der Waals surface area (Å²) in [5.41, 5.74) is 0.203. The van der Waals surface area contributed by atoms with Crippen molar-refractivity contribution >= 4 is 11.9 Å². The van der Waals surface area contributed by atoms with Crippen LogP contribution in [0.2, 0.25) is 0 Å². The van der Waals surface area contributed by atoms with Gasteiger partial charge in [-0.3, -0.25) is 4.79 Å². The molecule has 0 bridgehead atoms. The Morgan fingerprint density at radius 2 is 2.32 bits per heavy atom. The number of esters is 1. The maximum atomic E-state index is 11.5. The highest BCUT2D eigenvalue weighted by Crippen LogP contribution is 2.18. The number of nitrogens with zero attached hydrogens (tertiary/aromatic N) is 4. The summed E-state index contributed by atoms with van der Waals surface area (Å²) in [6, 6.07) is 0.134. The number of likely N-dealkylation sites (tertiary alicyclic amines) is 1. The highest BCUT2D eigenvalue weighted by molar-refractivity contribution is 5.86. The lowest BCUT2D eigenvalue weighted by atomic mass is 10.2. The van der Waals surface area contributed by atoms with Gasteiger partial charge in [0.2, 0.25) is 5.91 Å². The lowest BCUT2D eigenvalue weighted by Gasteiger charge is -2.22. The molecule has 0 aliphatic carbocycles. The molecular weight excluding hydrogens is 248 g/mol. The normalized spacial score (nSPS) is 18.6. The van der Waals surface area contributed by atoms with Crippen LogP contribution in [-0.2, 0) is 16.1 Å². The van der Waals surface area contributed by atoms with E-state index in [0.717, 1.165) is 19.4 Å². The number of amides is 1. The number of hydrogen-bond acceptors (Lipinski definition) is 5. The van der Waals surface area contributed by atoms with Crippen molar-refractivity contribution in [3.63, 3.8) is 0 Å². The van der Waals surface area contributed by atoms with Crippen molar-refractivity contribution in [1.82, 2.24) is 19.9 Å². The summed E-state index contributed by atoms with van der Waals surface area (Å²) in [6.07, 6.45) is 3.52. The minimum absolute atomic E-state index is 0.0771. The van der Waals surface area contributed by atoms with E-state index < -0.39 is 5.97 Å². The Balaban J connectivity index is 2.00. The van der Waals surface area contributed by atoms with E-state index in [1.165, 1.54) is 0 Å². The molecule has 1 aromatic heterocycles. The van der Waals surface area contributed by atoms with E-state index in [4.69, 9.17) is 4.74 Å². The van der Waals surface area contributed by atoms with Gasteiger partial charge in [0, 0.05) is 13.5 Å². The number of carbonyl (C=O) groups is 2. The fraction of sp³-hybridized carbons (Fsp3) is 0.667. The lowest BCUT2D eigenvalue weighted by molar-refractivity contribution is -0.129. The van der Waals surface area contributed by atoms with E-state index in [1.54, 1.807) is 24.7 Å². The van der Waals surface area contributed by atoms with Gasteiger partial charge in [0.25, 0.3) is 0 Å². The molecule has 0 N–H and O–H groups in total. The van der Waals surface area contributed by atoms with Crippen LogP contribution >= 0.6 is 0 Å². The van der Waals surface area contributed by atoms with Gasteiger partial charge in [0.1, 0.15) is 0 Å². The van der Waals surface area contributed by atoms with Crippen molar-refractivity contribution in [2.24, 2.45) is 0 Å². The molecule has 7 nitrogen and oxygen atoms in total. The predicted molar refractivity (Wildman–Crippen MR) is 66.4 cm³/mol. The molecule has 0 saturated carbocycles. The first-order chi connectivity index (χ1) is 9.11. The summed E-state index contributed by atoms with van der Waals surface area (Å²) < 4.78 is 6.45. The molecule has 1 atom stereocenters. The van der Waals surface area contributed by atoms with Gasteiger partial charge in [0.15, 0.2) is 5.69 Å². The third-order valence-corrected chi connectivity index (χ3v) is 3.20. The summed E-state index contributed by atoms with van der Waals surface area (Å²) >= 11 is 0. The SMILES string of the molecule is CCOC(=O)c1cn(C[C@@H]2CCCN2C(C)=O)nn1. The molecule has 0 spiro atoms. The Morgan fingerprint density at radius 1 is 1.53 bits per heavy atom. The van der Waals surface area contributed by atoms with E-state index >= 15 is 0 Å². The third kappa shape index (κ3) is 3.10. The molecule has 104 valence electrons. The Labute approximate surface area is 111 Å². The zero-order valence-corrected chi connectivity index (χ0v) is 11.2. The van der Waals surface area contributed by atoms with Crippen molar-refractivity contribution in [3.8, 4) is 0 Å². The molecule has 19 heavy (non-hydrogen) atoms. The van der Waals surface area contributed by atoms with Gasteiger partial charge >= 0.3 is 5.97 Å². The second kappa shape index (κ2) is 5.81. The van der Waals surface area contributed by atoms with Gasteiger partial charge in [-0.05, 0) is 19.8 Å². The molecule has 1 aliphatic heterocycles. The van der Waals surface area contributed by atoms with Gasteiger partial charge in [-0.15, -0.1) is 5.10 Å². The Morgan fingerprint density at radius 3 is 3.00 bits per heavy atom. The fourth-order valence-electron chi connectivity index (χ4n) is 2.34. The second-order valence-corrected chi connectivity index (χ2v) is 4.55. The molecule has 0 aromatic carbocycles. The predicted octanol–water partition coefficient (Wildman–Crippen LogP) is 0.466. The number of carbonyl (C=O) groups excluding carboxylic acids is 2. The Hall–Kier alpha value is -1.92. The number of rotatable bonds is 4. The lowest BCUT2D eigenvalue weighted by Crippen LogP contribution is -2.36. The van der Waals surface area contributed by atoms with Crippen LogP contribution in [0.1, 0.15) is 37.2 Å². The molecule has 0 radical (unpaired) electrons. The zero-order valence-electron chi connectivity index (χ0n) is 11.2. The summed E-state index contributed by atoms with van der Waals surface area (Å²) in [4.78, 5) is 24.8. The molecule has 1 amide bonds. The van der Waals surface area contributed by atoms with E-state index in [1.807, 2.05) is 4.90 Å². The molecule has 7 heteroatoms. The van der Waals surface area contributed by atoms with Crippen molar-refractivity contribution in [3.05, 3.63) is 11.9 Å². The standard InChI is InChI=1S/C12H18N4O3/c1-3-19-12(18)11-8-15(14-13-11)7-10-5-4-6-16(10)9(2)17/h8,10H,3-7H2,1-2H3/t10-/m0/s1. The minimum Gasteiger partial charge on any atom is -0.461 e. The van der Waals surface area contributed by atoms with E-state index in [-0.39, 0.29) is 17.6 Å². The van der Waals surface area contributed by atoms with Crippen molar-refractivity contribution in [1.29, 1.82) is 0 Å². The Bertz CT molecular complexity index is 471. The van der Waals surface area contributed by atoms with Gasteiger partial charge in [-0.25, -0.2) is 9.48 Å². The molecule has 1 aliphatic rings. The quantitative estimate of drug-likeness (QED) is 0.740. The van der Waals surface area contributed by atoms with Gasteiger partial charge in [-0.2, -0.15) is 0 Å². The van der Waals surface area contributed by atoms with Gasteiger partial charge in [0.05, 0.1) is 25.4 Å². The monoisotopic (exact) mass is 266 g/mol. The van der Waals surface area contributed by atoms with Crippen molar-refractivity contribution in [2.45, 2.75) is 39.3 Å². The minimum atomic E-state index is -0.469. The topological polar surface area (TPSA) is 77.3 Å².